The van der Waals surface area contributed by atoms with E-state index in [0.29, 0.717) is 23.0 Å². The van der Waals surface area contributed by atoms with Crippen LogP contribution in [0.2, 0.25) is 5.02 Å². The number of ketones is 2. The van der Waals surface area contributed by atoms with Crippen LogP contribution >= 0.6 is 22.9 Å². The number of benzene rings is 1. The Morgan fingerprint density at radius 2 is 1.62 bits per heavy atom. The number of rotatable bonds is 12. The first-order valence-electron chi connectivity index (χ1n) is 9.60. The second-order valence-electron chi connectivity index (χ2n) is 7.18. The van der Waals surface area contributed by atoms with Gasteiger partial charge in [0.15, 0.2) is 5.78 Å². The smallest absolute Gasteiger partial charge is 0.223 e. The highest BCUT2D eigenvalue weighted by Gasteiger charge is 2.17. The van der Waals surface area contributed by atoms with E-state index in [0.717, 1.165) is 12.1 Å². The van der Waals surface area contributed by atoms with Crippen molar-refractivity contribution in [1.82, 2.24) is 9.80 Å². The van der Waals surface area contributed by atoms with Crippen molar-refractivity contribution in [2.45, 2.75) is 32.2 Å². The number of hydrogen-bond acceptors (Lipinski definition) is 5. The molecule has 0 spiro atoms. The van der Waals surface area contributed by atoms with E-state index in [1.54, 1.807) is 23.1 Å². The van der Waals surface area contributed by atoms with Crippen molar-refractivity contribution in [2.24, 2.45) is 0 Å². The molecule has 0 atom stereocenters. The molecule has 0 aliphatic carbocycles. The maximum atomic E-state index is 12.7. The molecule has 1 aromatic carbocycles. The van der Waals surface area contributed by atoms with Crippen molar-refractivity contribution in [3.05, 3.63) is 57.2 Å². The van der Waals surface area contributed by atoms with Crippen molar-refractivity contribution < 1.29 is 14.4 Å². The lowest BCUT2D eigenvalue weighted by Crippen LogP contribution is -2.36. The molecular weight excluding hydrogens is 408 g/mol. The van der Waals surface area contributed by atoms with E-state index in [9.17, 15) is 14.4 Å². The molecule has 0 radical (unpaired) electrons. The third-order valence-electron chi connectivity index (χ3n) is 4.50. The van der Waals surface area contributed by atoms with Crippen LogP contribution in [0, 0.1) is 0 Å². The SMILES string of the molecule is CN(C)CCN(Cc1ccc(Cl)cc1)C(=O)CCC(=O)CCC(=O)c1cccs1. The minimum atomic E-state index is -0.0558. The average Bonchev–Trinajstić information content (AvgIpc) is 3.23. The highest BCUT2D eigenvalue weighted by molar-refractivity contribution is 7.12. The lowest BCUT2D eigenvalue weighted by atomic mass is 10.1. The lowest BCUT2D eigenvalue weighted by Gasteiger charge is -2.24. The number of nitrogens with zero attached hydrogens (tertiary/aromatic N) is 2. The Hall–Kier alpha value is -2.02. The molecule has 7 heteroatoms. The zero-order valence-corrected chi connectivity index (χ0v) is 18.5. The van der Waals surface area contributed by atoms with E-state index in [2.05, 4.69) is 0 Å². The van der Waals surface area contributed by atoms with Gasteiger partial charge in [0.1, 0.15) is 5.78 Å². The Balaban J connectivity index is 1.84. The van der Waals surface area contributed by atoms with Gasteiger partial charge in [-0.25, -0.2) is 0 Å². The summed E-state index contributed by atoms with van der Waals surface area (Å²) in [6, 6.07) is 11.0. The summed E-state index contributed by atoms with van der Waals surface area (Å²) in [6.07, 6.45) is 0.699. The van der Waals surface area contributed by atoms with Crippen molar-refractivity contribution in [3.63, 3.8) is 0 Å². The van der Waals surface area contributed by atoms with Crippen molar-refractivity contribution in [2.75, 3.05) is 27.2 Å². The maximum Gasteiger partial charge on any atom is 0.223 e. The van der Waals surface area contributed by atoms with Crippen LogP contribution in [-0.4, -0.2) is 54.5 Å². The monoisotopic (exact) mass is 434 g/mol. The Kier molecular flexibility index (Phi) is 9.51. The molecular formula is C22H27ClN2O3S. The summed E-state index contributed by atoms with van der Waals surface area (Å²) in [4.78, 5) is 41.3. The fraction of sp³-hybridized carbons (Fsp3) is 0.409. The number of halogens is 1. The normalized spacial score (nSPS) is 10.9. The van der Waals surface area contributed by atoms with Crippen LogP contribution in [0.4, 0.5) is 0 Å². The van der Waals surface area contributed by atoms with Crippen molar-refractivity contribution in [1.29, 1.82) is 0 Å². The van der Waals surface area contributed by atoms with E-state index in [1.807, 2.05) is 42.6 Å². The number of thiophene rings is 1. The molecule has 0 fully saturated rings. The molecule has 29 heavy (non-hydrogen) atoms. The summed E-state index contributed by atoms with van der Waals surface area (Å²) in [6.45, 7) is 1.80. The Morgan fingerprint density at radius 1 is 0.931 bits per heavy atom. The largest absolute Gasteiger partial charge is 0.337 e. The summed E-state index contributed by atoms with van der Waals surface area (Å²) >= 11 is 7.31. The predicted octanol–water partition coefficient (Wildman–Crippen LogP) is 4.30. The molecule has 0 saturated carbocycles. The predicted molar refractivity (Wildman–Crippen MR) is 118 cm³/mol. The van der Waals surface area contributed by atoms with Crippen LogP contribution in [0.1, 0.15) is 40.9 Å². The van der Waals surface area contributed by atoms with Gasteiger partial charge in [0.25, 0.3) is 0 Å². The van der Waals surface area contributed by atoms with Crippen LogP contribution in [-0.2, 0) is 16.1 Å². The molecule has 0 aliphatic heterocycles. The van der Waals surface area contributed by atoms with Gasteiger partial charge in [-0.1, -0.05) is 29.8 Å². The molecule has 2 rings (SSSR count). The van der Waals surface area contributed by atoms with E-state index in [1.165, 1.54) is 11.3 Å². The molecule has 0 aliphatic rings. The Labute approximate surface area is 181 Å². The van der Waals surface area contributed by atoms with Crippen LogP contribution in [0.3, 0.4) is 0 Å². The fourth-order valence-electron chi connectivity index (χ4n) is 2.77. The van der Waals surface area contributed by atoms with Gasteiger partial charge in [-0.3, -0.25) is 14.4 Å². The van der Waals surface area contributed by atoms with Gasteiger partial charge in [-0.2, -0.15) is 0 Å². The molecule has 0 bridgehead atoms. The first kappa shape index (κ1) is 23.3. The zero-order chi connectivity index (χ0) is 21.2. The second kappa shape index (κ2) is 11.9. The first-order valence-corrected chi connectivity index (χ1v) is 10.9. The molecule has 1 aromatic heterocycles. The van der Waals surface area contributed by atoms with Crippen molar-refractivity contribution >= 4 is 40.4 Å². The molecule has 2 aromatic rings. The number of amides is 1. The third-order valence-corrected chi connectivity index (χ3v) is 5.66. The van der Waals surface area contributed by atoms with Crippen LogP contribution in [0.5, 0.6) is 0 Å². The highest BCUT2D eigenvalue weighted by Crippen LogP contribution is 2.15. The minimum absolute atomic E-state index is 0.0185. The summed E-state index contributed by atoms with van der Waals surface area (Å²) < 4.78 is 0. The maximum absolute atomic E-state index is 12.7. The number of likely N-dealkylation sites (N-methyl/N-ethyl adjacent to an activating group) is 1. The summed E-state index contributed by atoms with van der Waals surface area (Å²) in [5.41, 5.74) is 0.995. The molecule has 5 nitrogen and oxygen atoms in total. The van der Waals surface area contributed by atoms with Gasteiger partial charge in [0.2, 0.25) is 5.91 Å². The zero-order valence-electron chi connectivity index (χ0n) is 16.9. The van der Waals surface area contributed by atoms with E-state index < -0.39 is 0 Å². The van der Waals surface area contributed by atoms with Crippen molar-refractivity contribution in [3.8, 4) is 0 Å². The molecule has 0 unspecified atom stereocenters. The lowest BCUT2D eigenvalue weighted by molar-refractivity contribution is -0.134. The molecule has 0 saturated heterocycles. The molecule has 156 valence electrons. The van der Waals surface area contributed by atoms with Gasteiger partial charge in [-0.15, -0.1) is 11.3 Å². The second-order valence-corrected chi connectivity index (χ2v) is 8.57. The summed E-state index contributed by atoms with van der Waals surface area (Å²) in [7, 11) is 3.91. The Bertz CT molecular complexity index is 804. The van der Waals surface area contributed by atoms with Gasteiger partial charge in [0.05, 0.1) is 4.88 Å². The van der Waals surface area contributed by atoms with Crippen LogP contribution in [0.25, 0.3) is 0 Å². The van der Waals surface area contributed by atoms with Gasteiger partial charge >= 0.3 is 0 Å². The third kappa shape index (κ3) is 8.48. The molecule has 1 heterocycles. The topological polar surface area (TPSA) is 57.7 Å². The number of hydrogen-bond donors (Lipinski definition) is 0. The Morgan fingerprint density at radius 3 is 2.24 bits per heavy atom. The van der Waals surface area contributed by atoms with E-state index in [4.69, 9.17) is 11.6 Å². The van der Waals surface area contributed by atoms with Gasteiger partial charge in [0, 0.05) is 50.3 Å². The van der Waals surface area contributed by atoms with Gasteiger partial charge in [-0.05, 0) is 43.2 Å². The number of Topliss-reactive ketones (excluding diaryl/α,β-unsaturated/α-hetero) is 2. The van der Waals surface area contributed by atoms with Gasteiger partial charge < -0.3 is 9.80 Å². The van der Waals surface area contributed by atoms with Crippen LogP contribution in [0.15, 0.2) is 41.8 Å². The summed E-state index contributed by atoms with van der Waals surface area (Å²) in [5.74, 6) is -0.128. The molecule has 0 N–H and O–H groups in total. The minimum Gasteiger partial charge on any atom is -0.337 e. The summed E-state index contributed by atoms with van der Waals surface area (Å²) in [5, 5.41) is 2.50. The van der Waals surface area contributed by atoms with Crippen LogP contribution < -0.4 is 0 Å². The first-order chi connectivity index (χ1) is 13.8. The van der Waals surface area contributed by atoms with E-state index >= 15 is 0 Å². The quantitative estimate of drug-likeness (QED) is 0.467. The average molecular weight is 435 g/mol. The number of carbonyl (C=O) groups excluding carboxylic acids is 3. The highest BCUT2D eigenvalue weighted by atomic mass is 35.5. The van der Waals surface area contributed by atoms with E-state index in [-0.39, 0.29) is 43.2 Å². The standard InChI is InChI=1S/C22H27ClN2O3S/c1-24(2)13-14-25(16-17-5-7-18(23)8-6-17)22(28)12-10-19(26)9-11-20(27)21-4-3-15-29-21/h3-8,15H,9-14,16H2,1-2H3. The fourth-order valence-corrected chi connectivity index (χ4v) is 3.59. The number of carbonyl (C=O) groups is 3. The molecule has 1 amide bonds.